The molecule has 0 fully saturated rings. The summed E-state index contributed by atoms with van der Waals surface area (Å²) < 4.78 is 0. The molecule has 2 heterocycles. The molecule has 0 bridgehead atoms. The van der Waals surface area contributed by atoms with Crippen molar-refractivity contribution in [1.29, 1.82) is 0 Å². The summed E-state index contributed by atoms with van der Waals surface area (Å²) in [6.07, 6.45) is 29.1. The molecule has 0 atom stereocenters. The first-order valence-electron chi connectivity index (χ1n) is 13.2. The molecule has 0 unspecified atom stereocenters. The van der Waals surface area contributed by atoms with Crippen LogP contribution in [-0.2, 0) is 0 Å². The Bertz CT molecular complexity index is 1370. The van der Waals surface area contributed by atoms with Crippen molar-refractivity contribution in [1.82, 2.24) is 4.90 Å². The van der Waals surface area contributed by atoms with Gasteiger partial charge in [-0.3, -0.25) is 0 Å². The van der Waals surface area contributed by atoms with Crippen LogP contribution in [0.15, 0.2) is 168 Å². The van der Waals surface area contributed by atoms with Crippen molar-refractivity contribution in [2.24, 2.45) is 0 Å². The number of para-hydroxylation sites is 1. The fourth-order valence-electron chi connectivity index (χ4n) is 5.34. The van der Waals surface area contributed by atoms with Crippen LogP contribution < -0.4 is 10.4 Å². The third kappa shape index (κ3) is 5.10. The van der Waals surface area contributed by atoms with E-state index in [-0.39, 0.29) is 6.71 Å². The summed E-state index contributed by atoms with van der Waals surface area (Å²) in [5, 5.41) is 0. The van der Waals surface area contributed by atoms with Crippen molar-refractivity contribution in [3.63, 3.8) is 0 Å². The molecule has 1 aromatic rings. The highest BCUT2D eigenvalue weighted by Gasteiger charge is 2.44. The highest BCUT2D eigenvalue weighted by Crippen LogP contribution is 2.44. The smallest absolute Gasteiger partial charge is 0.252 e. The van der Waals surface area contributed by atoms with Crippen LogP contribution in [0.4, 0.5) is 5.69 Å². The molecule has 0 radical (unpaired) electrons. The number of allylic oxidation sites excluding steroid dienone is 16. The molecule has 0 aromatic heterocycles. The summed E-state index contributed by atoms with van der Waals surface area (Å²) in [5.41, 5.74) is 10.2. The second-order valence-electron chi connectivity index (χ2n) is 8.83. The quantitative estimate of drug-likeness (QED) is 0.248. The molecule has 3 rings (SSSR count). The Morgan fingerprint density at radius 2 is 1.34 bits per heavy atom. The van der Waals surface area contributed by atoms with Gasteiger partial charge in [0, 0.05) is 34.2 Å². The molecule has 0 saturated carbocycles. The largest absolute Gasteiger partial charge is 0.312 e. The number of hydrogen-bond donors (Lipinski definition) is 0. The predicted molar refractivity (Wildman–Crippen MR) is 170 cm³/mol. The van der Waals surface area contributed by atoms with Gasteiger partial charge in [-0.25, -0.2) is 0 Å². The normalized spacial score (nSPS) is 18.0. The molecule has 3 heteroatoms. The number of fused-ring (bicyclic) bond motifs is 3. The average molecular weight is 499 g/mol. The highest BCUT2D eigenvalue weighted by atomic mass is 15.2. The topological polar surface area (TPSA) is 6.48 Å². The standard InChI is InChI=1S/C35H39BN2/c1-9-19-27(20-10-2)37-31(15-7)35-32(16-8)38(28(21-11-3)22-12-4)34-26-18-17-25-30(34)36(35)29(23-13-5)33(37)24-14-6/h9-26H,1,3,8H2,2,4-7H3/b20-10-,22-12-,23-13-,24-14-,27-19+,28-21+,31-15+. The Balaban J connectivity index is 2.62. The maximum atomic E-state index is 4.32. The minimum Gasteiger partial charge on any atom is -0.312 e. The molecule has 2 aliphatic rings. The third-order valence-electron chi connectivity index (χ3n) is 6.56. The second kappa shape index (κ2) is 13.3. The van der Waals surface area contributed by atoms with Gasteiger partial charge in [0.1, 0.15) is 0 Å². The van der Waals surface area contributed by atoms with Gasteiger partial charge in [-0.05, 0) is 93.5 Å². The summed E-state index contributed by atoms with van der Waals surface area (Å²) in [5.74, 6) is 0. The van der Waals surface area contributed by atoms with Gasteiger partial charge in [-0.15, -0.1) is 0 Å². The molecule has 0 spiro atoms. The summed E-state index contributed by atoms with van der Waals surface area (Å²) >= 11 is 0. The number of benzene rings is 1. The molecule has 192 valence electrons. The summed E-state index contributed by atoms with van der Waals surface area (Å²) in [6.45, 7) is 22.7. The molecule has 0 amide bonds. The lowest BCUT2D eigenvalue weighted by molar-refractivity contribution is 0.564. The van der Waals surface area contributed by atoms with Gasteiger partial charge in [-0.1, -0.05) is 86.5 Å². The van der Waals surface area contributed by atoms with E-state index in [1.807, 2.05) is 38.2 Å². The Hall–Kier alpha value is -4.24. The van der Waals surface area contributed by atoms with E-state index >= 15 is 0 Å². The first-order valence-corrected chi connectivity index (χ1v) is 13.2. The third-order valence-corrected chi connectivity index (χ3v) is 6.56. The van der Waals surface area contributed by atoms with Gasteiger partial charge in [0.05, 0.1) is 0 Å². The minimum atomic E-state index is 0.0338. The van der Waals surface area contributed by atoms with Crippen molar-refractivity contribution in [2.45, 2.75) is 34.6 Å². The Morgan fingerprint density at radius 3 is 1.87 bits per heavy atom. The van der Waals surface area contributed by atoms with E-state index in [0.717, 1.165) is 34.2 Å². The monoisotopic (exact) mass is 498 g/mol. The zero-order chi connectivity index (χ0) is 27.7. The van der Waals surface area contributed by atoms with Crippen molar-refractivity contribution in [3.8, 4) is 0 Å². The second-order valence-corrected chi connectivity index (χ2v) is 8.83. The van der Waals surface area contributed by atoms with Crippen LogP contribution in [0.5, 0.6) is 0 Å². The molecule has 0 N–H and O–H groups in total. The molecule has 38 heavy (non-hydrogen) atoms. The van der Waals surface area contributed by atoms with E-state index in [4.69, 9.17) is 0 Å². The van der Waals surface area contributed by atoms with Gasteiger partial charge in [0.15, 0.2) is 0 Å². The molecular formula is C35H39BN2. The Kier molecular flexibility index (Phi) is 9.96. The SMILES string of the molecule is C=C/C=C(\C=C/C)N1C(/C=C\C)=C(/C=C\C)B2C(=C(C=C)N(C(/C=C\C)=C/C=C)c3ccccc32)/C1=C\C. The summed E-state index contributed by atoms with van der Waals surface area (Å²) in [4.78, 5) is 4.64. The average Bonchev–Trinajstić information content (AvgIpc) is 2.92. The predicted octanol–water partition coefficient (Wildman–Crippen LogP) is 8.64. The molecular weight excluding hydrogens is 459 g/mol. The van der Waals surface area contributed by atoms with E-state index in [9.17, 15) is 0 Å². The van der Waals surface area contributed by atoms with E-state index in [2.05, 4.69) is 135 Å². The van der Waals surface area contributed by atoms with Crippen molar-refractivity contribution >= 4 is 17.9 Å². The van der Waals surface area contributed by atoms with Crippen LogP contribution in [0.2, 0.25) is 0 Å². The zero-order valence-electron chi connectivity index (χ0n) is 23.5. The Labute approximate surface area is 230 Å². The Morgan fingerprint density at radius 1 is 0.737 bits per heavy atom. The van der Waals surface area contributed by atoms with E-state index in [1.165, 1.54) is 16.4 Å². The van der Waals surface area contributed by atoms with E-state index in [1.54, 1.807) is 0 Å². The lowest BCUT2D eigenvalue weighted by atomic mass is 9.32. The molecule has 0 saturated heterocycles. The summed E-state index contributed by atoms with van der Waals surface area (Å²) in [6, 6.07) is 8.68. The maximum Gasteiger partial charge on any atom is 0.252 e. The number of rotatable bonds is 9. The van der Waals surface area contributed by atoms with Crippen molar-refractivity contribution in [3.05, 3.63) is 168 Å². The first kappa shape index (κ1) is 28.3. The number of hydrogen-bond acceptors (Lipinski definition) is 2. The van der Waals surface area contributed by atoms with E-state index < -0.39 is 0 Å². The van der Waals surface area contributed by atoms with Gasteiger partial charge in [0.25, 0.3) is 6.71 Å². The molecule has 2 nitrogen and oxygen atoms in total. The van der Waals surface area contributed by atoms with Gasteiger partial charge in [-0.2, -0.15) is 0 Å². The van der Waals surface area contributed by atoms with Crippen LogP contribution in [0, 0.1) is 0 Å². The van der Waals surface area contributed by atoms with Crippen LogP contribution in [0.25, 0.3) is 0 Å². The fraction of sp³-hybridized carbons (Fsp3) is 0.143. The lowest BCUT2D eigenvalue weighted by Crippen LogP contribution is -2.50. The van der Waals surface area contributed by atoms with Crippen molar-refractivity contribution < 1.29 is 0 Å². The van der Waals surface area contributed by atoms with Gasteiger partial charge < -0.3 is 9.80 Å². The lowest BCUT2D eigenvalue weighted by Gasteiger charge is -2.46. The maximum absolute atomic E-state index is 4.32. The van der Waals surface area contributed by atoms with Gasteiger partial charge >= 0.3 is 0 Å². The summed E-state index contributed by atoms with van der Waals surface area (Å²) in [7, 11) is 0. The van der Waals surface area contributed by atoms with Crippen molar-refractivity contribution in [2.75, 3.05) is 4.90 Å². The first-order chi connectivity index (χ1) is 18.6. The molecule has 0 aliphatic carbocycles. The van der Waals surface area contributed by atoms with E-state index in [0.29, 0.717) is 0 Å². The zero-order valence-corrected chi connectivity index (χ0v) is 23.5. The van der Waals surface area contributed by atoms with Crippen LogP contribution in [-0.4, -0.2) is 11.6 Å². The fourth-order valence-corrected chi connectivity index (χ4v) is 5.34. The molecule has 2 aliphatic heterocycles. The minimum absolute atomic E-state index is 0.0338. The number of nitrogens with zero attached hydrogens (tertiary/aromatic N) is 2. The highest BCUT2D eigenvalue weighted by molar-refractivity contribution is 6.89. The van der Waals surface area contributed by atoms with Crippen LogP contribution in [0.3, 0.4) is 0 Å². The van der Waals surface area contributed by atoms with Crippen LogP contribution >= 0.6 is 0 Å². The van der Waals surface area contributed by atoms with Crippen LogP contribution in [0.1, 0.15) is 34.6 Å². The molecule has 1 aromatic carbocycles. The number of anilines is 1. The van der Waals surface area contributed by atoms with Gasteiger partial charge in [0.2, 0.25) is 0 Å².